The normalized spacial score (nSPS) is 22.4. The molecule has 0 aromatic carbocycles. The van der Waals surface area contributed by atoms with Crippen molar-refractivity contribution in [1.29, 1.82) is 0 Å². The van der Waals surface area contributed by atoms with E-state index in [9.17, 15) is 9.18 Å². The van der Waals surface area contributed by atoms with Crippen LogP contribution in [0.4, 0.5) is 10.2 Å². The number of carbonyl (C=O) groups is 1. The van der Waals surface area contributed by atoms with Crippen LogP contribution in [0.3, 0.4) is 0 Å². The topological polar surface area (TPSA) is 93.9 Å². The highest BCUT2D eigenvalue weighted by atomic mass is 19.1. The highest BCUT2D eigenvalue weighted by molar-refractivity contribution is 6.00. The van der Waals surface area contributed by atoms with Gasteiger partial charge in [-0.3, -0.25) is 4.79 Å². The van der Waals surface area contributed by atoms with Crippen LogP contribution in [0, 0.1) is 5.82 Å². The number of anilines is 1. The van der Waals surface area contributed by atoms with E-state index in [1.807, 2.05) is 11.0 Å². The molecule has 1 unspecified atom stereocenters. The molecular weight excluding hydrogens is 391 g/mol. The average molecular weight is 410 g/mol. The van der Waals surface area contributed by atoms with E-state index in [1.165, 1.54) is 12.3 Å². The van der Waals surface area contributed by atoms with Crippen molar-refractivity contribution in [1.82, 2.24) is 24.9 Å². The molecule has 2 bridgehead atoms. The van der Waals surface area contributed by atoms with Gasteiger partial charge in [-0.25, -0.2) is 18.9 Å². The molecule has 1 spiro atoms. The summed E-state index contributed by atoms with van der Waals surface area (Å²) in [5.74, 6) is 0.325. The lowest BCUT2D eigenvalue weighted by Gasteiger charge is -2.37. The SMILES string of the molecule is O=C1NC2(CC2)COc2ncc(F)cc2C2COCCN2c2ccn3ncc1c3n2. The van der Waals surface area contributed by atoms with Crippen LogP contribution in [-0.4, -0.2) is 57.4 Å². The molecule has 30 heavy (non-hydrogen) atoms. The first-order valence-electron chi connectivity index (χ1n) is 9.91. The van der Waals surface area contributed by atoms with Gasteiger partial charge in [0, 0.05) is 18.3 Å². The van der Waals surface area contributed by atoms with E-state index in [1.54, 1.807) is 10.7 Å². The van der Waals surface area contributed by atoms with Crippen LogP contribution in [0.1, 0.15) is 34.8 Å². The molecule has 2 fully saturated rings. The molecule has 3 aromatic heterocycles. The van der Waals surface area contributed by atoms with Crippen LogP contribution in [0.2, 0.25) is 0 Å². The summed E-state index contributed by atoms with van der Waals surface area (Å²) in [5.41, 5.74) is 1.02. The highest BCUT2D eigenvalue weighted by Crippen LogP contribution is 2.39. The van der Waals surface area contributed by atoms with Gasteiger partial charge in [-0.1, -0.05) is 0 Å². The molecule has 10 heteroatoms. The molecule has 6 rings (SSSR count). The summed E-state index contributed by atoms with van der Waals surface area (Å²) in [5, 5.41) is 7.33. The van der Waals surface area contributed by atoms with Gasteiger partial charge in [-0.05, 0) is 25.0 Å². The average Bonchev–Trinajstić information content (AvgIpc) is 3.38. The third kappa shape index (κ3) is 2.78. The van der Waals surface area contributed by atoms with Gasteiger partial charge < -0.3 is 19.7 Å². The summed E-state index contributed by atoms with van der Waals surface area (Å²) < 4.78 is 27.5. The Hall–Kier alpha value is -3.27. The van der Waals surface area contributed by atoms with Crippen LogP contribution in [0.5, 0.6) is 5.88 Å². The lowest BCUT2D eigenvalue weighted by Crippen LogP contribution is -2.42. The molecule has 1 N–H and O–H groups in total. The van der Waals surface area contributed by atoms with Crippen molar-refractivity contribution in [2.24, 2.45) is 0 Å². The Morgan fingerprint density at radius 3 is 3.07 bits per heavy atom. The van der Waals surface area contributed by atoms with E-state index in [0.29, 0.717) is 48.2 Å². The minimum atomic E-state index is -0.465. The first kappa shape index (κ1) is 17.6. The van der Waals surface area contributed by atoms with Crippen LogP contribution in [0.15, 0.2) is 30.7 Å². The molecular formula is C20H19FN6O3. The lowest BCUT2D eigenvalue weighted by atomic mass is 10.1. The van der Waals surface area contributed by atoms with Crippen molar-refractivity contribution in [3.63, 3.8) is 0 Å². The standard InChI is InChI=1S/C20H19FN6O3/c21-12-7-13-15-10-29-6-5-26(15)16-1-4-27-17(24-16)14(9-23-27)18(28)25-20(2-3-20)11-30-19(13)22-8-12/h1,4,7-9,15H,2-3,5-6,10-11H2,(H,25,28). The summed E-state index contributed by atoms with van der Waals surface area (Å²) in [7, 11) is 0. The van der Waals surface area contributed by atoms with Gasteiger partial charge in [0.15, 0.2) is 5.65 Å². The number of aromatic nitrogens is 4. The van der Waals surface area contributed by atoms with Gasteiger partial charge in [-0.15, -0.1) is 0 Å². The molecule has 1 saturated heterocycles. The second-order valence-electron chi connectivity index (χ2n) is 7.97. The van der Waals surface area contributed by atoms with Crippen molar-refractivity contribution in [2.45, 2.75) is 24.4 Å². The van der Waals surface area contributed by atoms with Gasteiger partial charge in [-0.2, -0.15) is 5.10 Å². The Labute approximate surface area is 170 Å². The number of nitrogens with one attached hydrogen (secondary N) is 1. The fourth-order valence-electron chi connectivity index (χ4n) is 4.09. The summed E-state index contributed by atoms with van der Waals surface area (Å²) in [6.07, 6.45) is 6.04. The predicted molar refractivity (Wildman–Crippen MR) is 103 cm³/mol. The van der Waals surface area contributed by atoms with Crippen molar-refractivity contribution in [2.75, 3.05) is 31.3 Å². The Bertz CT molecular complexity index is 1160. The molecule has 1 amide bonds. The number of rotatable bonds is 0. The second-order valence-corrected chi connectivity index (χ2v) is 7.97. The Morgan fingerprint density at radius 1 is 1.30 bits per heavy atom. The largest absolute Gasteiger partial charge is 0.475 e. The molecule has 5 heterocycles. The fraction of sp³-hybridized carbons (Fsp3) is 0.400. The van der Waals surface area contributed by atoms with E-state index >= 15 is 0 Å². The number of pyridine rings is 1. The van der Waals surface area contributed by atoms with Crippen LogP contribution in [0.25, 0.3) is 5.65 Å². The molecule has 3 aromatic rings. The number of amides is 1. The second kappa shape index (κ2) is 6.36. The fourth-order valence-corrected chi connectivity index (χ4v) is 4.09. The van der Waals surface area contributed by atoms with Crippen molar-refractivity contribution in [3.05, 3.63) is 47.7 Å². The van der Waals surface area contributed by atoms with Crippen LogP contribution < -0.4 is 15.0 Å². The zero-order chi connectivity index (χ0) is 20.3. The maximum atomic E-state index is 14.1. The summed E-state index contributed by atoms with van der Waals surface area (Å²) >= 11 is 0. The van der Waals surface area contributed by atoms with E-state index < -0.39 is 11.4 Å². The molecule has 3 aliphatic rings. The van der Waals surface area contributed by atoms with Crippen molar-refractivity contribution >= 4 is 17.4 Å². The first-order chi connectivity index (χ1) is 14.6. The summed E-state index contributed by atoms with van der Waals surface area (Å²) in [4.78, 5) is 23.9. The van der Waals surface area contributed by atoms with Gasteiger partial charge in [0.1, 0.15) is 23.8 Å². The smallest absolute Gasteiger partial charge is 0.257 e. The molecule has 154 valence electrons. The van der Waals surface area contributed by atoms with Gasteiger partial charge >= 0.3 is 0 Å². The number of morpholine rings is 1. The number of hydrogen-bond acceptors (Lipinski definition) is 7. The quantitative estimate of drug-likeness (QED) is 0.600. The highest BCUT2D eigenvalue weighted by Gasteiger charge is 2.46. The van der Waals surface area contributed by atoms with E-state index in [-0.39, 0.29) is 18.6 Å². The third-order valence-corrected chi connectivity index (χ3v) is 5.94. The Balaban J connectivity index is 1.54. The zero-order valence-corrected chi connectivity index (χ0v) is 16.0. The van der Waals surface area contributed by atoms with E-state index in [2.05, 4.69) is 15.4 Å². The maximum Gasteiger partial charge on any atom is 0.257 e. The van der Waals surface area contributed by atoms with E-state index in [4.69, 9.17) is 14.5 Å². The van der Waals surface area contributed by atoms with Crippen LogP contribution >= 0.6 is 0 Å². The number of hydrogen-bond donors (Lipinski definition) is 1. The number of halogens is 1. The number of nitrogens with zero attached hydrogens (tertiary/aromatic N) is 5. The minimum absolute atomic E-state index is 0.235. The summed E-state index contributed by atoms with van der Waals surface area (Å²) in [6, 6.07) is 2.95. The summed E-state index contributed by atoms with van der Waals surface area (Å²) in [6.45, 7) is 1.68. The van der Waals surface area contributed by atoms with Gasteiger partial charge in [0.05, 0.1) is 37.2 Å². The molecule has 1 atom stereocenters. The van der Waals surface area contributed by atoms with Crippen molar-refractivity contribution < 1.29 is 18.7 Å². The maximum absolute atomic E-state index is 14.1. The number of carbonyl (C=O) groups excluding carboxylic acids is 1. The molecule has 1 aliphatic carbocycles. The lowest BCUT2D eigenvalue weighted by molar-refractivity contribution is 0.0901. The first-order valence-corrected chi connectivity index (χ1v) is 9.91. The molecule has 0 radical (unpaired) electrons. The van der Waals surface area contributed by atoms with Crippen LogP contribution in [-0.2, 0) is 4.74 Å². The van der Waals surface area contributed by atoms with E-state index in [0.717, 1.165) is 19.0 Å². The Kier molecular flexibility index (Phi) is 3.73. The molecule has 1 saturated carbocycles. The van der Waals surface area contributed by atoms with Gasteiger partial charge in [0.2, 0.25) is 5.88 Å². The van der Waals surface area contributed by atoms with Crippen molar-refractivity contribution in [3.8, 4) is 5.88 Å². The minimum Gasteiger partial charge on any atom is -0.475 e. The monoisotopic (exact) mass is 410 g/mol. The third-order valence-electron chi connectivity index (χ3n) is 5.94. The van der Waals surface area contributed by atoms with Gasteiger partial charge in [0.25, 0.3) is 5.91 Å². The number of ether oxygens (including phenoxy) is 2. The Morgan fingerprint density at radius 2 is 2.20 bits per heavy atom. The predicted octanol–water partition coefficient (Wildman–Crippen LogP) is 1.50. The number of fused-ring (bicyclic) bond motifs is 5. The molecule has 9 nitrogen and oxygen atoms in total. The molecule has 2 aliphatic heterocycles. The zero-order valence-electron chi connectivity index (χ0n) is 16.0.